The van der Waals surface area contributed by atoms with Crippen LogP contribution < -0.4 is 0 Å². The van der Waals surface area contributed by atoms with Crippen molar-refractivity contribution in [1.29, 1.82) is 0 Å². The molecule has 3 heteroatoms. The molecule has 0 bridgehead atoms. The van der Waals surface area contributed by atoms with Gasteiger partial charge in [-0.25, -0.2) is 0 Å². The normalized spacial score (nSPS) is 18.8. The Labute approximate surface area is 111 Å². The molecule has 0 N–H and O–H groups in total. The first-order valence-corrected chi connectivity index (χ1v) is 6.42. The van der Waals surface area contributed by atoms with Gasteiger partial charge in [-0.15, -0.1) is 0 Å². The van der Waals surface area contributed by atoms with E-state index in [-0.39, 0.29) is 5.78 Å². The molecule has 92 valence electrons. The second kappa shape index (κ2) is 4.29. The Bertz CT molecular complexity index is 613. The van der Waals surface area contributed by atoms with Gasteiger partial charge >= 0.3 is 0 Å². The molecule has 1 atom stereocenters. The average molecular weight is 261 g/mol. The summed E-state index contributed by atoms with van der Waals surface area (Å²) in [5.41, 5.74) is 2.55. The molecule has 3 rings (SSSR count). The second-order valence-electron chi connectivity index (χ2n) is 4.89. The summed E-state index contributed by atoms with van der Waals surface area (Å²) in [6.45, 7) is 2.07. The van der Waals surface area contributed by atoms with Crippen LogP contribution in [0.1, 0.15) is 29.5 Å². The maximum atomic E-state index is 12.1. The summed E-state index contributed by atoms with van der Waals surface area (Å²) in [5, 5.41) is 0.666. The van der Waals surface area contributed by atoms with E-state index < -0.39 is 0 Å². The van der Waals surface area contributed by atoms with Gasteiger partial charge in [0.15, 0.2) is 5.78 Å². The zero-order chi connectivity index (χ0) is 12.7. The van der Waals surface area contributed by atoms with Crippen LogP contribution in [0.2, 0.25) is 5.02 Å². The third-order valence-corrected chi connectivity index (χ3v) is 3.58. The van der Waals surface area contributed by atoms with Crippen molar-refractivity contribution in [2.45, 2.75) is 19.8 Å². The van der Waals surface area contributed by atoms with Gasteiger partial charge in [0.2, 0.25) is 0 Å². The molecule has 0 fully saturated rings. The topological polar surface area (TPSA) is 30.2 Å². The molecule has 0 spiro atoms. The van der Waals surface area contributed by atoms with Crippen LogP contribution in [0.25, 0.3) is 11.1 Å². The summed E-state index contributed by atoms with van der Waals surface area (Å²) in [6.07, 6.45) is 3.11. The number of carbonyl (C=O) groups excluding carboxylic acids is 1. The maximum absolute atomic E-state index is 12.1. The molecule has 0 saturated carbocycles. The summed E-state index contributed by atoms with van der Waals surface area (Å²) < 4.78 is 5.56. The fourth-order valence-corrected chi connectivity index (χ4v) is 2.72. The van der Waals surface area contributed by atoms with Crippen molar-refractivity contribution in [3.05, 3.63) is 46.9 Å². The summed E-state index contributed by atoms with van der Waals surface area (Å²) in [7, 11) is 0. The number of hydrogen-bond acceptors (Lipinski definition) is 2. The van der Waals surface area contributed by atoms with Crippen LogP contribution in [-0.4, -0.2) is 5.78 Å². The van der Waals surface area contributed by atoms with Gasteiger partial charge in [-0.2, -0.15) is 0 Å². The third-order valence-electron chi connectivity index (χ3n) is 3.35. The SMILES string of the molecule is CC1CC(=O)c2c(-c3cccc(Cl)c3)coc2C1. The molecule has 18 heavy (non-hydrogen) atoms. The molecule has 0 saturated heterocycles. The Balaban J connectivity index is 2.13. The first-order chi connectivity index (χ1) is 8.65. The standard InChI is InChI=1S/C15H13ClO2/c1-9-5-13(17)15-12(8-18-14(15)6-9)10-3-2-4-11(16)7-10/h2-4,7-9H,5-6H2,1H3. The number of furan rings is 1. The number of fused-ring (bicyclic) bond motifs is 1. The van der Waals surface area contributed by atoms with Crippen molar-refractivity contribution in [3.63, 3.8) is 0 Å². The highest BCUT2D eigenvalue weighted by atomic mass is 35.5. The predicted molar refractivity (Wildman–Crippen MR) is 71.0 cm³/mol. The lowest BCUT2D eigenvalue weighted by atomic mass is 9.86. The molecule has 0 aliphatic heterocycles. The highest BCUT2D eigenvalue weighted by molar-refractivity contribution is 6.30. The van der Waals surface area contributed by atoms with Crippen LogP contribution in [0.3, 0.4) is 0 Å². The molecule has 2 nitrogen and oxygen atoms in total. The van der Waals surface area contributed by atoms with E-state index in [1.54, 1.807) is 6.26 Å². The fraction of sp³-hybridized carbons (Fsp3) is 0.267. The van der Waals surface area contributed by atoms with E-state index in [0.717, 1.165) is 28.9 Å². The van der Waals surface area contributed by atoms with Gasteiger partial charge in [-0.05, 0) is 23.6 Å². The van der Waals surface area contributed by atoms with Crippen molar-refractivity contribution in [3.8, 4) is 11.1 Å². The van der Waals surface area contributed by atoms with Gasteiger partial charge in [0.05, 0.1) is 11.8 Å². The molecule has 2 aromatic rings. The number of carbonyl (C=O) groups is 1. The highest BCUT2D eigenvalue weighted by Crippen LogP contribution is 2.35. The monoisotopic (exact) mass is 260 g/mol. The first kappa shape index (κ1) is 11.5. The van der Waals surface area contributed by atoms with Gasteiger partial charge in [0, 0.05) is 23.4 Å². The molecule has 1 unspecified atom stereocenters. The molecule has 1 aromatic heterocycles. The fourth-order valence-electron chi connectivity index (χ4n) is 2.53. The Kier molecular flexibility index (Phi) is 2.75. The zero-order valence-corrected chi connectivity index (χ0v) is 10.8. The number of ketones is 1. The summed E-state index contributed by atoms with van der Waals surface area (Å²) in [6, 6.07) is 7.51. The molecule has 1 aromatic carbocycles. The number of hydrogen-bond donors (Lipinski definition) is 0. The summed E-state index contributed by atoms with van der Waals surface area (Å²) >= 11 is 5.99. The lowest BCUT2D eigenvalue weighted by Gasteiger charge is -2.16. The van der Waals surface area contributed by atoms with Gasteiger partial charge in [-0.3, -0.25) is 4.79 Å². The molecule has 1 aliphatic carbocycles. The molecule has 0 radical (unpaired) electrons. The van der Waals surface area contributed by atoms with Crippen molar-refractivity contribution in [1.82, 2.24) is 0 Å². The van der Waals surface area contributed by atoms with Gasteiger partial charge in [-0.1, -0.05) is 30.7 Å². The van der Waals surface area contributed by atoms with E-state index in [0.29, 0.717) is 17.4 Å². The molecular formula is C15H13ClO2. The van der Waals surface area contributed by atoms with Crippen LogP contribution in [-0.2, 0) is 6.42 Å². The Hall–Kier alpha value is -1.54. The van der Waals surface area contributed by atoms with E-state index in [1.807, 2.05) is 24.3 Å². The van der Waals surface area contributed by atoms with E-state index >= 15 is 0 Å². The molecule has 0 amide bonds. The minimum atomic E-state index is 0.174. The molecule has 1 heterocycles. The van der Waals surface area contributed by atoms with Crippen molar-refractivity contribution in [2.24, 2.45) is 5.92 Å². The smallest absolute Gasteiger partial charge is 0.167 e. The molecular weight excluding hydrogens is 248 g/mol. The van der Waals surface area contributed by atoms with Crippen molar-refractivity contribution < 1.29 is 9.21 Å². The lowest BCUT2D eigenvalue weighted by molar-refractivity contribution is 0.0949. The maximum Gasteiger partial charge on any atom is 0.167 e. The number of benzene rings is 1. The van der Waals surface area contributed by atoms with Crippen LogP contribution in [0.5, 0.6) is 0 Å². The highest BCUT2D eigenvalue weighted by Gasteiger charge is 2.28. The average Bonchev–Trinajstić information content (AvgIpc) is 2.72. The molecule has 1 aliphatic rings. The Morgan fingerprint density at radius 2 is 2.17 bits per heavy atom. The Morgan fingerprint density at radius 1 is 1.33 bits per heavy atom. The van der Waals surface area contributed by atoms with Crippen LogP contribution >= 0.6 is 11.6 Å². The quantitative estimate of drug-likeness (QED) is 0.762. The number of halogens is 1. The number of Topliss-reactive ketones (excluding diaryl/α,β-unsaturated/α-hetero) is 1. The van der Waals surface area contributed by atoms with Crippen molar-refractivity contribution >= 4 is 17.4 Å². The van der Waals surface area contributed by atoms with Crippen molar-refractivity contribution in [2.75, 3.05) is 0 Å². The minimum absolute atomic E-state index is 0.174. The third kappa shape index (κ3) is 1.87. The summed E-state index contributed by atoms with van der Waals surface area (Å²) in [5.74, 6) is 1.35. The zero-order valence-electron chi connectivity index (χ0n) is 10.1. The van der Waals surface area contributed by atoms with Gasteiger partial charge < -0.3 is 4.42 Å². The second-order valence-corrected chi connectivity index (χ2v) is 5.33. The Morgan fingerprint density at radius 3 is 2.94 bits per heavy atom. The lowest BCUT2D eigenvalue weighted by Crippen LogP contribution is -2.16. The van der Waals surface area contributed by atoms with E-state index in [1.165, 1.54) is 0 Å². The van der Waals surface area contributed by atoms with Crippen LogP contribution in [0.4, 0.5) is 0 Å². The van der Waals surface area contributed by atoms with Gasteiger partial charge in [0.25, 0.3) is 0 Å². The van der Waals surface area contributed by atoms with E-state index in [2.05, 4.69) is 6.92 Å². The first-order valence-electron chi connectivity index (χ1n) is 6.04. The van der Waals surface area contributed by atoms with E-state index in [4.69, 9.17) is 16.0 Å². The summed E-state index contributed by atoms with van der Waals surface area (Å²) in [4.78, 5) is 12.1. The predicted octanol–water partition coefficient (Wildman–Crippen LogP) is 4.37. The van der Waals surface area contributed by atoms with Crippen LogP contribution in [0, 0.1) is 5.92 Å². The van der Waals surface area contributed by atoms with E-state index in [9.17, 15) is 4.79 Å². The minimum Gasteiger partial charge on any atom is -0.468 e. The van der Waals surface area contributed by atoms with Crippen LogP contribution in [0.15, 0.2) is 34.9 Å². The largest absolute Gasteiger partial charge is 0.468 e. The van der Waals surface area contributed by atoms with Gasteiger partial charge in [0.1, 0.15) is 5.76 Å². The number of rotatable bonds is 1.